The van der Waals surface area contributed by atoms with Crippen LogP contribution in [0.5, 0.6) is 0 Å². The Morgan fingerprint density at radius 1 is 1.27 bits per heavy atom. The summed E-state index contributed by atoms with van der Waals surface area (Å²) in [7, 11) is 0. The normalized spacial score (nSPS) is 12.9. The number of hydrogen-bond donors (Lipinski definition) is 1. The first-order valence-electron chi connectivity index (χ1n) is 4.89. The van der Waals surface area contributed by atoms with Crippen molar-refractivity contribution in [3.63, 3.8) is 0 Å². The number of halogens is 3. The Kier molecular flexibility index (Phi) is 5.92. The molecular weight excluding hydrogens is 527 g/mol. The standard InChI is InChI=1S/C11H14I3N/c1-3-6(2)4-7-8(12)5-9(13)11(15)10(7)14/h5-6H,3-4,15H2,1-2H3. The van der Waals surface area contributed by atoms with E-state index in [1.54, 1.807) is 0 Å². The van der Waals surface area contributed by atoms with E-state index in [2.05, 4.69) is 87.7 Å². The van der Waals surface area contributed by atoms with Gasteiger partial charge in [0.1, 0.15) is 0 Å². The maximum atomic E-state index is 6.05. The van der Waals surface area contributed by atoms with E-state index in [4.69, 9.17) is 5.73 Å². The predicted molar refractivity (Wildman–Crippen MR) is 92.2 cm³/mol. The minimum absolute atomic E-state index is 0.728. The van der Waals surface area contributed by atoms with E-state index in [0.29, 0.717) is 0 Å². The summed E-state index contributed by atoms with van der Waals surface area (Å²) >= 11 is 7.08. The van der Waals surface area contributed by atoms with Crippen LogP contribution in [0.15, 0.2) is 6.07 Å². The van der Waals surface area contributed by atoms with Gasteiger partial charge >= 0.3 is 0 Å². The molecule has 1 rings (SSSR count). The van der Waals surface area contributed by atoms with Gasteiger partial charge in [0.15, 0.2) is 0 Å². The summed E-state index contributed by atoms with van der Waals surface area (Å²) in [5, 5.41) is 0. The van der Waals surface area contributed by atoms with Crippen molar-refractivity contribution in [1.82, 2.24) is 0 Å². The zero-order valence-electron chi connectivity index (χ0n) is 8.78. The number of anilines is 1. The van der Waals surface area contributed by atoms with E-state index in [9.17, 15) is 0 Å². The molecule has 0 bridgehead atoms. The summed E-state index contributed by atoms with van der Waals surface area (Å²) in [6.07, 6.45) is 2.35. The van der Waals surface area contributed by atoms with Gasteiger partial charge in [-0.1, -0.05) is 20.3 Å². The zero-order valence-corrected chi connectivity index (χ0v) is 15.3. The number of nitrogens with two attached hydrogens (primary N) is 1. The van der Waals surface area contributed by atoms with E-state index < -0.39 is 0 Å². The first-order chi connectivity index (χ1) is 6.97. The predicted octanol–water partition coefficient (Wildman–Crippen LogP) is 4.67. The molecule has 0 aliphatic heterocycles. The van der Waals surface area contributed by atoms with Crippen molar-refractivity contribution in [3.8, 4) is 0 Å². The molecule has 0 aromatic heterocycles. The molecule has 1 aromatic rings. The molecule has 0 saturated carbocycles. The van der Waals surface area contributed by atoms with Crippen LogP contribution in [0.2, 0.25) is 0 Å². The number of rotatable bonds is 3. The Balaban J connectivity index is 3.12. The molecule has 0 aliphatic rings. The van der Waals surface area contributed by atoms with Gasteiger partial charge in [-0.3, -0.25) is 0 Å². The van der Waals surface area contributed by atoms with Crippen LogP contribution < -0.4 is 5.73 Å². The fourth-order valence-electron chi connectivity index (χ4n) is 1.33. The van der Waals surface area contributed by atoms with Crippen molar-refractivity contribution < 1.29 is 0 Å². The third-order valence-corrected chi connectivity index (χ3v) is 5.64. The lowest BCUT2D eigenvalue weighted by Gasteiger charge is -2.15. The third-order valence-electron chi connectivity index (χ3n) is 2.55. The zero-order chi connectivity index (χ0) is 11.6. The second-order valence-electron chi connectivity index (χ2n) is 3.76. The Bertz CT molecular complexity index is 363. The molecule has 84 valence electrons. The third kappa shape index (κ3) is 3.58. The number of benzene rings is 1. The van der Waals surface area contributed by atoms with Gasteiger partial charge in [0.05, 0.1) is 5.69 Å². The highest BCUT2D eigenvalue weighted by molar-refractivity contribution is 14.1. The largest absolute Gasteiger partial charge is 0.397 e. The topological polar surface area (TPSA) is 26.0 Å². The van der Waals surface area contributed by atoms with Crippen molar-refractivity contribution >= 4 is 73.5 Å². The lowest BCUT2D eigenvalue weighted by atomic mass is 9.99. The summed E-state index contributed by atoms with van der Waals surface area (Å²) in [6.45, 7) is 4.53. The molecule has 4 heteroatoms. The van der Waals surface area contributed by atoms with Crippen LogP contribution in [-0.2, 0) is 6.42 Å². The monoisotopic (exact) mass is 541 g/mol. The van der Waals surface area contributed by atoms with Crippen LogP contribution in [-0.4, -0.2) is 0 Å². The molecule has 0 amide bonds. The summed E-state index contributed by atoms with van der Waals surface area (Å²) < 4.78 is 3.74. The fraction of sp³-hybridized carbons (Fsp3) is 0.455. The van der Waals surface area contributed by atoms with Crippen LogP contribution in [0, 0.1) is 16.6 Å². The Morgan fingerprint density at radius 2 is 1.87 bits per heavy atom. The molecule has 0 radical (unpaired) electrons. The second kappa shape index (κ2) is 6.23. The molecule has 0 heterocycles. The van der Waals surface area contributed by atoms with Crippen molar-refractivity contribution in [2.24, 2.45) is 5.92 Å². The number of hydrogen-bond acceptors (Lipinski definition) is 1. The van der Waals surface area contributed by atoms with Gasteiger partial charge in [-0.05, 0) is 91.7 Å². The van der Waals surface area contributed by atoms with Gasteiger partial charge < -0.3 is 5.73 Å². The lowest BCUT2D eigenvalue weighted by Crippen LogP contribution is -2.06. The van der Waals surface area contributed by atoms with E-state index >= 15 is 0 Å². The molecule has 0 aliphatic carbocycles. The van der Waals surface area contributed by atoms with Crippen LogP contribution in [0.1, 0.15) is 25.8 Å². The molecule has 2 N–H and O–H groups in total. The van der Waals surface area contributed by atoms with Gasteiger partial charge in [0.2, 0.25) is 0 Å². The maximum absolute atomic E-state index is 6.05. The maximum Gasteiger partial charge on any atom is 0.0588 e. The highest BCUT2D eigenvalue weighted by Gasteiger charge is 2.13. The fourth-order valence-corrected chi connectivity index (χ4v) is 5.14. The Hall–Kier alpha value is 1.21. The molecule has 1 nitrogen and oxygen atoms in total. The highest BCUT2D eigenvalue weighted by Crippen LogP contribution is 2.31. The van der Waals surface area contributed by atoms with E-state index in [-0.39, 0.29) is 0 Å². The van der Waals surface area contributed by atoms with Gasteiger partial charge in [-0.2, -0.15) is 0 Å². The molecule has 1 unspecified atom stereocenters. The molecule has 1 aromatic carbocycles. The van der Waals surface area contributed by atoms with Crippen LogP contribution >= 0.6 is 67.8 Å². The quantitative estimate of drug-likeness (QED) is 0.438. The molecule has 0 fully saturated rings. The van der Waals surface area contributed by atoms with Crippen LogP contribution in [0.3, 0.4) is 0 Å². The van der Waals surface area contributed by atoms with Gasteiger partial charge in [-0.25, -0.2) is 0 Å². The number of nitrogen functional groups attached to an aromatic ring is 1. The van der Waals surface area contributed by atoms with Crippen molar-refractivity contribution in [2.75, 3.05) is 5.73 Å². The summed E-state index contributed by atoms with van der Waals surface area (Å²) in [5.74, 6) is 0.728. The average Bonchev–Trinajstić information content (AvgIpc) is 2.21. The summed E-state index contributed by atoms with van der Waals surface area (Å²) in [4.78, 5) is 0. The van der Waals surface area contributed by atoms with Crippen LogP contribution in [0.25, 0.3) is 0 Å². The van der Waals surface area contributed by atoms with Crippen molar-refractivity contribution in [2.45, 2.75) is 26.7 Å². The molecule has 1 atom stereocenters. The molecule has 0 spiro atoms. The van der Waals surface area contributed by atoms with E-state index in [1.807, 2.05) is 0 Å². The van der Waals surface area contributed by atoms with E-state index in [0.717, 1.165) is 21.6 Å². The second-order valence-corrected chi connectivity index (χ2v) is 7.17. The smallest absolute Gasteiger partial charge is 0.0588 e. The summed E-state index contributed by atoms with van der Waals surface area (Å²) in [6, 6.07) is 2.18. The van der Waals surface area contributed by atoms with Crippen molar-refractivity contribution in [3.05, 3.63) is 22.3 Å². The van der Waals surface area contributed by atoms with Gasteiger partial charge in [-0.15, -0.1) is 0 Å². The van der Waals surface area contributed by atoms with Crippen molar-refractivity contribution in [1.29, 1.82) is 0 Å². The van der Waals surface area contributed by atoms with E-state index in [1.165, 1.54) is 19.1 Å². The Morgan fingerprint density at radius 3 is 2.40 bits per heavy atom. The van der Waals surface area contributed by atoms with Gasteiger partial charge in [0.25, 0.3) is 0 Å². The SMILES string of the molecule is CCC(C)Cc1c(I)cc(I)c(N)c1I. The summed E-state index contributed by atoms with van der Waals surface area (Å²) in [5.41, 5.74) is 8.41. The highest BCUT2D eigenvalue weighted by atomic mass is 127. The van der Waals surface area contributed by atoms with Gasteiger partial charge in [0, 0.05) is 10.7 Å². The average molecular weight is 541 g/mol. The Labute approximate surface area is 132 Å². The molecular formula is C11H14I3N. The molecule has 0 saturated heterocycles. The minimum Gasteiger partial charge on any atom is -0.397 e. The lowest BCUT2D eigenvalue weighted by molar-refractivity contribution is 0.558. The first-order valence-corrected chi connectivity index (χ1v) is 8.12. The molecule has 15 heavy (non-hydrogen) atoms. The minimum atomic E-state index is 0.728. The first kappa shape index (κ1) is 14.3. The van der Waals surface area contributed by atoms with Crippen LogP contribution in [0.4, 0.5) is 5.69 Å².